The van der Waals surface area contributed by atoms with Crippen LogP contribution < -0.4 is 4.74 Å². The van der Waals surface area contributed by atoms with Crippen LogP contribution in [0.3, 0.4) is 0 Å². The number of ether oxygens (including phenoxy) is 1. The third kappa shape index (κ3) is 3.26. The molecule has 0 spiro atoms. The van der Waals surface area contributed by atoms with Crippen LogP contribution in [0.15, 0.2) is 48.8 Å². The molecule has 7 heteroatoms. The normalized spacial score (nSPS) is 20.2. The lowest BCUT2D eigenvalue weighted by Crippen LogP contribution is -2.42. The molecule has 7 nitrogen and oxygen atoms in total. The molecule has 29 heavy (non-hydrogen) atoms. The SMILES string of the molecule is COc1ccc(CC(=O)N2C3CCC2Cn2c(nnc2-c2cccnc2)C3)cc1. The molecule has 5 rings (SSSR count). The summed E-state index contributed by atoms with van der Waals surface area (Å²) >= 11 is 0. The molecule has 2 atom stereocenters. The lowest BCUT2D eigenvalue weighted by Gasteiger charge is -2.28. The fraction of sp³-hybridized carbons (Fsp3) is 0.364. The van der Waals surface area contributed by atoms with Crippen LogP contribution in [0.1, 0.15) is 24.2 Å². The Kier molecular flexibility index (Phi) is 4.50. The first kappa shape index (κ1) is 17.8. The zero-order valence-electron chi connectivity index (χ0n) is 16.4. The van der Waals surface area contributed by atoms with Gasteiger partial charge in [-0.1, -0.05) is 12.1 Å². The van der Waals surface area contributed by atoms with E-state index < -0.39 is 0 Å². The van der Waals surface area contributed by atoms with E-state index >= 15 is 0 Å². The van der Waals surface area contributed by atoms with E-state index in [1.54, 1.807) is 13.3 Å². The molecule has 4 heterocycles. The monoisotopic (exact) mass is 389 g/mol. The summed E-state index contributed by atoms with van der Waals surface area (Å²) in [6.45, 7) is 0.734. The van der Waals surface area contributed by atoms with E-state index in [1.807, 2.05) is 42.6 Å². The highest BCUT2D eigenvalue weighted by Gasteiger charge is 2.41. The van der Waals surface area contributed by atoms with E-state index in [9.17, 15) is 4.79 Å². The van der Waals surface area contributed by atoms with Crippen molar-refractivity contribution in [2.45, 2.75) is 44.3 Å². The summed E-state index contributed by atoms with van der Waals surface area (Å²) in [7, 11) is 1.65. The number of benzene rings is 1. The number of carbonyl (C=O) groups is 1. The lowest BCUT2D eigenvalue weighted by molar-refractivity contribution is -0.133. The summed E-state index contributed by atoms with van der Waals surface area (Å²) in [5, 5.41) is 8.86. The second-order valence-corrected chi connectivity index (χ2v) is 7.71. The zero-order valence-corrected chi connectivity index (χ0v) is 16.4. The quantitative estimate of drug-likeness (QED) is 0.686. The molecule has 0 N–H and O–H groups in total. The molecule has 0 radical (unpaired) electrons. The second kappa shape index (κ2) is 7.31. The highest BCUT2D eigenvalue weighted by Crippen LogP contribution is 2.33. The largest absolute Gasteiger partial charge is 0.497 e. The maximum atomic E-state index is 13.2. The molecule has 2 aliphatic heterocycles. The highest BCUT2D eigenvalue weighted by molar-refractivity contribution is 5.80. The molecule has 1 amide bonds. The second-order valence-electron chi connectivity index (χ2n) is 7.71. The van der Waals surface area contributed by atoms with Gasteiger partial charge in [-0.25, -0.2) is 0 Å². The average molecular weight is 389 g/mol. The van der Waals surface area contributed by atoms with Gasteiger partial charge in [-0.3, -0.25) is 9.78 Å². The van der Waals surface area contributed by atoms with Crippen molar-refractivity contribution in [1.29, 1.82) is 0 Å². The molecule has 3 aromatic rings. The Morgan fingerprint density at radius 2 is 1.97 bits per heavy atom. The van der Waals surface area contributed by atoms with Gasteiger partial charge in [0.05, 0.1) is 19.6 Å². The van der Waals surface area contributed by atoms with Crippen LogP contribution in [0.5, 0.6) is 5.75 Å². The van der Waals surface area contributed by atoms with Crippen molar-refractivity contribution in [3.05, 3.63) is 60.2 Å². The Morgan fingerprint density at radius 1 is 1.14 bits per heavy atom. The van der Waals surface area contributed by atoms with Crippen LogP contribution in [0, 0.1) is 0 Å². The summed E-state index contributed by atoms with van der Waals surface area (Å²) in [6, 6.07) is 12.0. The topological polar surface area (TPSA) is 73.1 Å². The summed E-state index contributed by atoms with van der Waals surface area (Å²) in [6.07, 6.45) is 6.76. The van der Waals surface area contributed by atoms with E-state index in [4.69, 9.17) is 4.74 Å². The Balaban J connectivity index is 1.38. The van der Waals surface area contributed by atoms with Crippen molar-refractivity contribution >= 4 is 5.91 Å². The Bertz CT molecular complexity index is 1020. The first-order valence-electron chi connectivity index (χ1n) is 9.99. The molecule has 1 fully saturated rings. The third-order valence-electron chi connectivity index (χ3n) is 5.98. The Labute approximate surface area is 169 Å². The first-order chi connectivity index (χ1) is 14.2. The smallest absolute Gasteiger partial charge is 0.227 e. The van der Waals surface area contributed by atoms with Gasteiger partial charge >= 0.3 is 0 Å². The fourth-order valence-electron chi connectivity index (χ4n) is 4.57. The maximum absolute atomic E-state index is 13.2. The number of hydrogen-bond acceptors (Lipinski definition) is 5. The number of aromatic nitrogens is 4. The Morgan fingerprint density at radius 3 is 2.72 bits per heavy atom. The molecule has 0 saturated carbocycles. The molecule has 2 unspecified atom stereocenters. The van der Waals surface area contributed by atoms with Crippen molar-refractivity contribution < 1.29 is 9.53 Å². The minimum absolute atomic E-state index is 0.179. The molecule has 2 aromatic heterocycles. The average Bonchev–Trinajstić information content (AvgIpc) is 3.28. The Hall–Kier alpha value is -3.22. The molecule has 148 valence electrons. The minimum atomic E-state index is 0.179. The molecular formula is C22H23N5O2. The highest BCUT2D eigenvalue weighted by atomic mass is 16.5. The van der Waals surface area contributed by atoms with Gasteiger partial charge in [0.2, 0.25) is 5.91 Å². The number of carbonyl (C=O) groups excluding carboxylic acids is 1. The van der Waals surface area contributed by atoms with Crippen molar-refractivity contribution in [1.82, 2.24) is 24.6 Å². The zero-order chi connectivity index (χ0) is 19.8. The number of nitrogens with zero attached hydrogens (tertiary/aromatic N) is 5. The molecule has 2 aliphatic rings. The maximum Gasteiger partial charge on any atom is 0.227 e. The summed E-state index contributed by atoms with van der Waals surface area (Å²) in [5.41, 5.74) is 1.97. The van der Waals surface area contributed by atoms with Gasteiger partial charge in [0.15, 0.2) is 5.82 Å². The van der Waals surface area contributed by atoms with Crippen LogP contribution in [0.4, 0.5) is 0 Å². The van der Waals surface area contributed by atoms with Gasteiger partial charge in [-0.05, 0) is 42.7 Å². The van der Waals surface area contributed by atoms with Crippen LogP contribution in [0.2, 0.25) is 0 Å². The molecule has 2 bridgehead atoms. The van der Waals surface area contributed by atoms with Gasteiger partial charge in [0.25, 0.3) is 0 Å². The minimum Gasteiger partial charge on any atom is -0.497 e. The van der Waals surface area contributed by atoms with E-state index in [-0.39, 0.29) is 18.0 Å². The molecule has 1 saturated heterocycles. The molecular weight excluding hydrogens is 366 g/mol. The number of rotatable bonds is 4. The lowest BCUT2D eigenvalue weighted by atomic mass is 10.1. The summed E-state index contributed by atoms with van der Waals surface area (Å²) < 4.78 is 7.39. The number of pyridine rings is 1. The predicted octanol–water partition coefficient (Wildman–Crippen LogP) is 2.51. The van der Waals surface area contributed by atoms with E-state index in [1.165, 1.54) is 0 Å². The van der Waals surface area contributed by atoms with Crippen LogP contribution >= 0.6 is 0 Å². The van der Waals surface area contributed by atoms with Crippen molar-refractivity contribution in [3.8, 4) is 17.1 Å². The third-order valence-corrected chi connectivity index (χ3v) is 5.98. The van der Waals surface area contributed by atoms with E-state index in [2.05, 4.69) is 24.6 Å². The van der Waals surface area contributed by atoms with Crippen molar-refractivity contribution in [2.24, 2.45) is 0 Å². The summed E-state index contributed by atoms with van der Waals surface area (Å²) in [5.74, 6) is 2.78. The van der Waals surface area contributed by atoms with Crippen LogP contribution in [0.25, 0.3) is 11.4 Å². The number of amides is 1. The van der Waals surface area contributed by atoms with Crippen LogP contribution in [-0.2, 0) is 24.2 Å². The first-order valence-corrected chi connectivity index (χ1v) is 9.99. The molecule has 1 aromatic carbocycles. The van der Waals surface area contributed by atoms with E-state index in [0.717, 1.165) is 54.3 Å². The molecule has 0 aliphatic carbocycles. The van der Waals surface area contributed by atoms with Gasteiger partial charge in [-0.15, -0.1) is 10.2 Å². The van der Waals surface area contributed by atoms with Gasteiger partial charge in [0, 0.05) is 37.0 Å². The number of fused-ring (bicyclic) bond motifs is 3. The summed E-state index contributed by atoms with van der Waals surface area (Å²) in [4.78, 5) is 19.5. The van der Waals surface area contributed by atoms with Crippen molar-refractivity contribution in [2.75, 3.05) is 7.11 Å². The number of hydrogen-bond donors (Lipinski definition) is 0. The van der Waals surface area contributed by atoms with Gasteiger partial charge in [-0.2, -0.15) is 0 Å². The predicted molar refractivity (Wildman–Crippen MR) is 107 cm³/mol. The van der Waals surface area contributed by atoms with Gasteiger partial charge in [0.1, 0.15) is 11.6 Å². The number of methoxy groups -OCH3 is 1. The fourth-order valence-corrected chi connectivity index (χ4v) is 4.57. The van der Waals surface area contributed by atoms with Gasteiger partial charge < -0.3 is 14.2 Å². The van der Waals surface area contributed by atoms with Crippen LogP contribution in [-0.4, -0.2) is 49.7 Å². The standard InChI is InChI=1S/C22H23N5O2/c1-29-19-8-4-15(5-9-19)11-21(28)27-17-6-7-18(27)14-26-20(12-17)24-25-22(26)16-3-2-10-23-13-16/h2-5,8-10,13,17-18H,6-7,11-12,14H2,1H3. The van der Waals surface area contributed by atoms with E-state index in [0.29, 0.717) is 6.42 Å². The van der Waals surface area contributed by atoms with Crippen molar-refractivity contribution in [3.63, 3.8) is 0 Å².